The van der Waals surface area contributed by atoms with Gasteiger partial charge in [-0.15, -0.1) is 0 Å². The first-order chi connectivity index (χ1) is 16.5. The molecule has 2 heterocycles. The molecule has 0 spiro atoms. The largest absolute Gasteiger partial charge is 0.352 e. The highest BCUT2D eigenvalue weighted by Crippen LogP contribution is 2.35. The lowest BCUT2D eigenvalue weighted by Crippen LogP contribution is -2.45. The Kier molecular flexibility index (Phi) is 6.22. The monoisotopic (exact) mass is 477 g/mol. The number of nitrogens with one attached hydrogen (secondary N) is 3. The van der Waals surface area contributed by atoms with Gasteiger partial charge in [0.1, 0.15) is 5.82 Å². The lowest BCUT2D eigenvalue weighted by Gasteiger charge is -2.37. The third-order valence-electron chi connectivity index (χ3n) is 6.39. The number of piperidine rings is 1. The van der Waals surface area contributed by atoms with Gasteiger partial charge in [0.25, 0.3) is 5.91 Å². The van der Waals surface area contributed by atoms with E-state index in [-0.39, 0.29) is 23.7 Å². The fraction of sp³-hybridized carbons (Fsp3) is 0.231. The quantitative estimate of drug-likeness (QED) is 0.346. The van der Waals surface area contributed by atoms with E-state index in [0.29, 0.717) is 16.3 Å². The van der Waals surface area contributed by atoms with Crippen molar-refractivity contribution in [1.82, 2.24) is 20.4 Å². The molecule has 5 rings (SSSR count). The summed E-state index contributed by atoms with van der Waals surface area (Å²) in [6.07, 6.45) is 1.66. The van der Waals surface area contributed by atoms with E-state index in [9.17, 15) is 9.18 Å². The zero-order valence-corrected chi connectivity index (χ0v) is 19.4. The number of aromatic nitrogens is 2. The molecular weight excluding hydrogens is 453 g/mol. The fourth-order valence-corrected chi connectivity index (χ4v) is 4.75. The van der Waals surface area contributed by atoms with E-state index in [1.807, 2.05) is 48.5 Å². The van der Waals surface area contributed by atoms with Gasteiger partial charge in [0.15, 0.2) is 0 Å². The predicted octanol–water partition coefficient (Wildman–Crippen LogP) is 5.66. The molecule has 0 aliphatic carbocycles. The molecule has 1 aliphatic heterocycles. The molecule has 6 nitrogen and oxygen atoms in total. The number of carbonyl (C=O) groups is 1. The average molecular weight is 478 g/mol. The summed E-state index contributed by atoms with van der Waals surface area (Å²) < 4.78 is 14.2. The van der Waals surface area contributed by atoms with Crippen LogP contribution in [0.5, 0.6) is 0 Å². The molecule has 1 amide bonds. The van der Waals surface area contributed by atoms with Gasteiger partial charge in [0.05, 0.1) is 28.0 Å². The van der Waals surface area contributed by atoms with Gasteiger partial charge < -0.3 is 10.6 Å². The second kappa shape index (κ2) is 9.44. The molecule has 0 bridgehead atoms. The normalized spacial score (nSPS) is 18.7. The Labute approximate surface area is 202 Å². The number of likely N-dealkylation sites (tertiary alicyclic amines) is 1. The Morgan fingerprint density at radius 3 is 2.76 bits per heavy atom. The molecule has 3 aromatic carbocycles. The Morgan fingerprint density at radius 2 is 1.97 bits per heavy atom. The van der Waals surface area contributed by atoms with Crippen LogP contribution >= 0.6 is 11.6 Å². The Hall–Kier alpha value is -3.42. The van der Waals surface area contributed by atoms with Crippen molar-refractivity contribution in [3.8, 4) is 0 Å². The lowest BCUT2D eigenvalue weighted by atomic mass is 9.93. The zero-order valence-electron chi connectivity index (χ0n) is 18.7. The number of carbonyl (C=O) groups excluding carboxylic acids is 1. The van der Waals surface area contributed by atoms with Crippen LogP contribution in [0.1, 0.15) is 34.9 Å². The summed E-state index contributed by atoms with van der Waals surface area (Å²) in [4.78, 5) is 14.9. The second-order valence-electron chi connectivity index (χ2n) is 8.65. The Bertz CT molecular complexity index is 1310. The molecule has 8 heteroatoms. The number of amides is 1. The maximum atomic E-state index is 14.2. The van der Waals surface area contributed by atoms with Crippen LogP contribution in [0.25, 0.3) is 10.9 Å². The van der Waals surface area contributed by atoms with E-state index in [1.165, 1.54) is 6.07 Å². The molecule has 0 radical (unpaired) electrons. The van der Waals surface area contributed by atoms with Crippen molar-refractivity contribution in [2.24, 2.45) is 0 Å². The molecule has 1 saturated heterocycles. The summed E-state index contributed by atoms with van der Waals surface area (Å²) in [7, 11) is 2.09. The number of rotatable bonds is 5. The number of fused-ring (bicyclic) bond motifs is 1. The zero-order chi connectivity index (χ0) is 23.7. The lowest BCUT2D eigenvalue weighted by molar-refractivity contribution is 0.0887. The van der Waals surface area contributed by atoms with Crippen LogP contribution in [0.2, 0.25) is 5.02 Å². The molecule has 2 atom stereocenters. The van der Waals surface area contributed by atoms with Gasteiger partial charge in [-0.05, 0) is 62.4 Å². The van der Waals surface area contributed by atoms with Crippen molar-refractivity contribution in [3.63, 3.8) is 0 Å². The summed E-state index contributed by atoms with van der Waals surface area (Å²) in [6, 6.07) is 19.8. The minimum atomic E-state index is -0.414. The minimum Gasteiger partial charge on any atom is -0.352 e. The SMILES string of the molecule is CN1CCC(NC(=O)c2ccccc2)CC1c1[nH]nc2cc(Nc3c(F)cccc3Cl)ccc12. The van der Waals surface area contributed by atoms with Crippen LogP contribution in [0, 0.1) is 5.82 Å². The van der Waals surface area contributed by atoms with Crippen LogP contribution in [0.15, 0.2) is 66.7 Å². The van der Waals surface area contributed by atoms with Crippen molar-refractivity contribution < 1.29 is 9.18 Å². The molecule has 0 saturated carbocycles. The number of benzene rings is 3. The number of hydrogen-bond acceptors (Lipinski definition) is 4. The first-order valence-electron chi connectivity index (χ1n) is 11.2. The van der Waals surface area contributed by atoms with Crippen molar-refractivity contribution in [3.05, 3.63) is 88.8 Å². The summed E-state index contributed by atoms with van der Waals surface area (Å²) >= 11 is 6.15. The van der Waals surface area contributed by atoms with Gasteiger partial charge in [0.2, 0.25) is 0 Å². The second-order valence-corrected chi connectivity index (χ2v) is 9.06. The predicted molar refractivity (Wildman–Crippen MR) is 133 cm³/mol. The molecule has 4 aromatic rings. The highest BCUT2D eigenvalue weighted by atomic mass is 35.5. The van der Waals surface area contributed by atoms with Crippen molar-refractivity contribution in [2.45, 2.75) is 24.9 Å². The number of anilines is 2. The molecule has 1 aromatic heterocycles. The maximum absolute atomic E-state index is 14.2. The smallest absolute Gasteiger partial charge is 0.251 e. The number of halogens is 2. The van der Waals surface area contributed by atoms with E-state index < -0.39 is 5.82 Å². The first-order valence-corrected chi connectivity index (χ1v) is 11.6. The van der Waals surface area contributed by atoms with Crippen molar-refractivity contribution in [2.75, 3.05) is 18.9 Å². The fourth-order valence-electron chi connectivity index (χ4n) is 4.54. The molecule has 2 unspecified atom stereocenters. The Morgan fingerprint density at radius 1 is 1.15 bits per heavy atom. The number of nitrogens with zero attached hydrogens (tertiary/aromatic N) is 2. The average Bonchev–Trinajstić information content (AvgIpc) is 3.26. The molecule has 174 valence electrons. The van der Waals surface area contributed by atoms with E-state index in [1.54, 1.807) is 12.1 Å². The van der Waals surface area contributed by atoms with Crippen LogP contribution in [0.4, 0.5) is 15.8 Å². The Balaban J connectivity index is 1.35. The standard InChI is InChI=1S/C26H25ClFN5O/c1-33-13-12-18(30-26(34)16-6-3-2-4-7-16)15-23(33)24-19-11-10-17(14-22(19)31-32-24)29-25-20(27)8-5-9-21(25)28/h2-11,14,18,23,29H,12-13,15H2,1H3,(H,30,34)(H,31,32). The third-order valence-corrected chi connectivity index (χ3v) is 6.71. The minimum absolute atomic E-state index is 0.0501. The summed E-state index contributed by atoms with van der Waals surface area (Å²) in [5, 5.41) is 15.3. The molecule has 3 N–H and O–H groups in total. The van der Waals surface area contributed by atoms with Gasteiger partial charge >= 0.3 is 0 Å². The van der Waals surface area contributed by atoms with Gasteiger partial charge in [-0.25, -0.2) is 4.39 Å². The number of hydrogen-bond donors (Lipinski definition) is 3. The number of H-pyrrole nitrogens is 1. The highest BCUT2D eigenvalue weighted by Gasteiger charge is 2.30. The topological polar surface area (TPSA) is 73.0 Å². The van der Waals surface area contributed by atoms with Crippen LogP contribution in [-0.4, -0.2) is 40.6 Å². The van der Waals surface area contributed by atoms with Gasteiger partial charge in [-0.3, -0.25) is 14.8 Å². The van der Waals surface area contributed by atoms with Crippen molar-refractivity contribution >= 4 is 39.8 Å². The summed E-state index contributed by atoms with van der Waals surface area (Å²) in [5.41, 5.74) is 3.38. The van der Waals surface area contributed by atoms with Crippen molar-refractivity contribution in [1.29, 1.82) is 0 Å². The molecule has 34 heavy (non-hydrogen) atoms. The van der Waals surface area contributed by atoms with Crippen LogP contribution in [-0.2, 0) is 0 Å². The van der Waals surface area contributed by atoms with E-state index in [2.05, 4.69) is 32.8 Å². The number of aromatic amines is 1. The van der Waals surface area contributed by atoms with Crippen LogP contribution < -0.4 is 10.6 Å². The molecular formula is C26H25ClFN5O. The third kappa shape index (κ3) is 4.49. The first kappa shape index (κ1) is 22.4. The van der Waals surface area contributed by atoms with Crippen LogP contribution in [0.3, 0.4) is 0 Å². The van der Waals surface area contributed by atoms with Gasteiger partial charge in [0, 0.05) is 29.2 Å². The highest BCUT2D eigenvalue weighted by molar-refractivity contribution is 6.33. The van der Waals surface area contributed by atoms with E-state index in [4.69, 9.17) is 11.6 Å². The number of para-hydroxylation sites is 1. The van der Waals surface area contributed by atoms with Gasteiger partial charge in [-0.1, -0.05) is 35.9 Å². The van der Waals surface area contributed by atoms with Gasteiger partial charge in [-0.2, -0.15) is 5.10 Å². The summed E-state index contributed by atoms with van der Waals surface area (Å²) in [6.45, 7) is 0.857. The molecule has 1 fully saturated rings. The van der Waals surface area contributed by atoms with E-state index >= 15 is 0 Å². The summed E-state index contributed by atoms with van der Waals surface area (Å²) in [5.74, 6) is -0.464. The maximum Gasteiger partial charge on any atom is 0.251 e. The van der Waals surface area contributed by atoms with E-state index in [0.717, 1.165) is 36.0 Å². The molecule has 1 aliphatic rings.